The predicted molar refractivity (Wildman–Crippen MR) is 88.6 cm³/mol. The highest BCUT2D eigenvalue weighted by atomic mass is 15.3. The number of hydrogen-bond donors (Lipinski definition) is 1. The molecule has 0 saturated heterocycles. The van der Waals surface area contributed by atoms with Crippen LogP contribution in [-0.4, -0.2) is 9.78 Å². The Balaban J connectivity index is 2.15. The van der Waals surface area contributed by atoms with E-state index < -0.39 is 0 Å². The monoisotopic (exact) mass is 285 g/mol. The van der Waals surface area contributed by atoms with Crippen molar-refractivity contribution < 1.29 is 0 Å². The zero-order valence-electron chi connectivity index (χ0n) is 14.1. The average molecular weight is 285 g/mol. The Hall–Kier alpha value is -1.61. The van der Waals surface area contributed by atoms with Crippen LogP contribution in [0.3, 0.4) is 0 Å². The van der Waals surface area contributed by atoms with Gasteiger partial charge < -0.3 is 5.73 Å². The molecule has 0 spiro atoms. The first-order valence-electron chi connectivity index (χ1n) is 7.63. The fraction of sp³-hybridized carbons (Fsp3) is 0.500. The topological polar surface area (TPSA) is 43.8 Å². The molecule has 1 unspecified atom stereocenters. The summed E-state index contributed by atoms with van der Waals surface area (Å²) in [5.74, 6) is 0. The van der Waals surface area contributed by atoms with E-state index in [0.717, 1.165) is 18.5 Å². The van der Waals surface area contributed by atoms with Gasteiger partial charge in [0.25, 0.3) is 0 Å². The molecule has 0 radical (unpaired) electrons. The molecular formula is C18H27N3. The molecule has 0 aliphatic rings. The van der Waals surface area contributed by atoms with Crippen molar-refractivity contribution in [1.29, 1.82) is 0 Å². The molecule has 3 nitrogen and oxygen atoms in total. The van der Waals surface area contributed by atoms with Crippen LogP contribution < -0.4 is 5.73 Å². The molecule has 1 aromatic heterocycles. The van der Waals surface area contributed by atoms with Crippen molar-refractivity contribution in [2.75, 3.05) is 0 Å². The summed E-state index contributed by atoms with van der Waals surface area (Å²) in [6.45, 7) is 10.7. The molecule has 0 saturated carbocycles. The second-order valence-electron chi connectivity index (χ2n) is 6.21. The Labute approximate surface area is 128 Å². The molecule has 1 aromatic carbocycles. The van der Waals surface area contributed by atoms with Crippen LogP contribution >= 0.6 is 0 Å². The van der Waals surface area contributed by atoms with Crippen LogP contribution in [0.4, 0.5) is 0 Å². The van der Waals surface area contributed by atoms with Crippen molar-refractivity contribution in [3.05, 3.63) is 51.3 Å². The van der Waals surface area contributed by atoms with Gasteiger partial charge in [0, 0.05) is 18.8 Å². The Morgan fingerprint density at radius 2 is 1.67 bits per heavy atom. The van der Waals surface area contributed by atoms with Crippen LogP contribution in [0.5, 0.6) is 0 Å². The lowest BCUT2D eigenvalue weighted by molar-refractivity contribution is 0.643. The van der Waals surface area contributed by atoms with Gasteiger partial charge in [-0.1, -0.05) is 12.1 Å². The van der Waals surface area contributed by atoms with Gasteiger partial charge in [-0.2, -0.15) is 5.10 Å². The third kappa shape index (κ3) is 3.18. The summed E-state index contributed by atoms with van der Waals surface area (Å²) >= 11 is 0. The molecule has 0 amide bonds. The van der Waals surface area contributed by atoms with E-state index >= 15 is 0 Å². The Morgan fingerprint density at radius 1 is 1.05 bits per heavy atom. The zero-order valence-corrected chi connectivity index (χ0v) is 14.1. The first-order valence-corrected chi connectivity index (χ1v) is 7.63. The van der Waals surface area contributed by atoms with Gasteiger partial charge in [0.2, 0.25) is 0 Å². The van der Waals surface area contributed by atoms with Gasteiger partial charge in [0.05, 0.1) is 5.69 Å². The molecule has 0 bridgehead atoms. The largest absolute Gasteiger partial charge is 0.324 e. The number of aryl methyl sites for hydroxylation is 5. The average Bonchev–Trinajstić information content (AvgIpc) is 2.65. The molecular weight excluding hydrogens is 258 g/mol. The quantitative estimate of drug-likeness (QED) is 0.933. The van der Waals surface area contributed by atoms with Gasteiger partial charge in [-0.25, -0.2) is 0 Å². The van der Waals surface area contributed by atoms with E-state index in [1.54, 1.807) is 0 Å². The van der Waals surface area contributed by atoms with E-state index in [0.29, 0.717) is 0 Å². The maximum atomic E-state index is 6.44. The molecule has 114 valence electrons. The maximum Gasteiger partial charge on any atom is 0.0628 e. The number of aromatic nitrogens is 2. The molecule has 0 aliphatic carbocycles. The molecule has 2 rings (SSSR count). The van der Waals surface area contributed by atoms with Crippen molar-refractivity contribution in [2.45, 2.75) is 53.5 Å². The standard InChI is InChI=1S/C18H27N3/c1-11-9-13(3)17(10-12(11)2)18(19)8-7-16-14(4)20-21(6)15(16)5/h9-10,18H,7-8,19H2,1-6H3. The molecule has 1 atom stereocenters. The van der Waals surface area contributed by atoms with Gasteiger partial charge in [-0.05, 0) is 75.3 Å². The highest BCUT2D eigenvalue weighted by Gasteiger charge is 2.14. The number of hydrogen-bond acceptors (Lipinski definition) is 2. The number of benzene rings is 1. The minimum Gasteiger partial charge on any atom is -0.324 e. The van der Waals surface area contributed by atoms with Crippen LogP contribution in [0.1, 0.15) is 51.7 Å². The molecule has 21 heavy (non-hydrogen) atoms. The molecule has 2 N–H and O–H groups in total. The van der Waals surface area contributed by atoms with E-state index in [2.05, 4.69) is 51.9 Å². The van der Waals surface area contributed by atoms with Crippen molar-refractivity contribution >= 4 is 0 Å². The molecule has 1 heterocycles. The number of rotatable bonds is 4. The minimum atomic E-state index is 0.0864. The van der Waals surface area contributed by atoms with E-state index in [9.17, 15) is 0 Å². The predicted octanol–water partition coefficient (Wildman–Crippen LogP) is 3.59. The normalized spacial score (nSPS) is 12.7. The number of nitrogens with zero attached hydrogens (tertiary/aromatic N) is 2. The smallest absolute Gasteiger partial charge is 0.0628 e. The van der Waals surface area contributed by atoms with Crippen LogP contribution in [0.25, 0.3) is 0 Å². The zero-order chi connectivity index (χ0) is 15.7. The summed E-state index contributed by atoms with van der Waals surface area (Å²) in [5.41, 5.74) is 15.4. The van der Waals surface area contributed by atoms with Gasteiger partial charge in [-0.3, -0.25) is 4.68 Å². The summed E-state index contributed by atoms with van der Waals surface area (Å²) in [6, 6.07) is 4.58. The summed E-state index contributed by atoms with van der Waals surface area (Å²) in [4.78, 5) is 0. The maximum absolute atomic E-state index is 6.44. The van der Waals surface area contributed by atoms with Crippen molar-refractivity contribution in [3.8, 4) is 0 Å². The van der Waals surface area contributed by atoms with E-state index in [4.69, 9.17) is 5.73 Å². The molecule has 3 heteroatoms. The fourth-order valence-corrected chi connectivity index (χ4v) is 3.02. The summed E-state index contributed by atoms with van der Waals surface area (Å²) in [7, 11) is 2.00. The van der Waals surface area contributed by atoms with Crippen molar-refractivity contribution in [1.82, 2.24) is 9.78 Å². The van der Waals surface area contributed by atoms with E-state index in [-0.39, 0.29) is 6.04 Å². The Kier molecular flexibility index (Phi) is 4.52. The van der Waals surface area contributed by atoms with Crippen LogP contribution in [0.2, 0.25) is 0 Å². The third-order valence-corrected chi connectivity index (χ3v) is 4.65. The lowest BCUT2D eigenvalue weighted by Crippen LogP contribution is -2.13. The molecule has 0 aliphatic heterocycles. The first kappa shape index (κ1) is 15.8. The molecule has 2 aromatic rings. The highest BCUT2D eigenvalue weighted by molar-refractivity contribution is 5.38. The van der Waals surface area contributed by atoms with E-state index in [1.807, 2.05) is 11.7 Å². The fourth-order valence-electron chi connectivity index (χ4n) is 3.02. The Bertz CT molecular complexity index is 653. The third-order valence-electron chi connectivity index (χ3n) is 4.65. The van der Waals surface area contributed by atoms with Gasteiger partial charge >= 0.3 is 0 Å². The highest BCUT2D eigenvalue weighted by Crippen LogP contribution is 2.25. The van der Waals surface area contributed by atoms with Crippen LogP contribution in [0.15, 0.2) is 12.1 Å². The Morgan fingerprint density at radius 3 is 2.24 bits per heavy atom. The van der Waals surface area contributed by atoms with E-state index in [1.165, 1.54) is 33.5 Å². The first-order chi connectivity index (χ1) is 9.81. The van der Waals surface area contributed by atoms with Gasteiger partial charge in [-0.15, -0.1) is 0 Å². The SMILES string of the molecule is Cc1cc(C)c(C(N)CCc2c(C)nn(C)c2C)cc1C. The minimum absolute atomic E-state index is 0.0864. The summed E-state index contributed by atoms with van der Waals surface area (Å²) in [5, 5.41) is 4.48. The summed E-state index contributed by atoms with van der Waals surface area (Å²) < 4.78 is 1.96. The second-order valence-corrected chi connectivity index (χ2v) is 6.21. The molecule has 0 fully saturated rings. The lowest BCUT2D eigenvalue weighted by Gasteiger charge is -2.17. The van der Waals surface area contributed by atoms with Crippen molar-refractivity contribution in [3.63, 3.8) is 0 Å². The summed E-state index contributed by atoms with van der Waals surface area (Å²) in [6.07, 6.45) is 1.94. The van der Waals surface area contributed by atoms with Gasteiger partial charge in [0.15, 0.2) is 0 Å². The van der Waals surface area contributed by atoms with Crippen molar-refractivity contribution in [2.24, 2.45) is 12.8 Å². The van der Waals surface area contributed by atoms with Gasteiger partial charge in [0.1, 0.15) is 0 Å². The van der Waals surface area contributed by atoms with Crippen LogP contribution in [0, 0.1) is 34.6 Å². The second kappa shape index (κ2) is 6.02. The lowest BCUT2D eigenvalue weighted by atomic mass is 9.92. The van der Waals surface area contributed by atoms with Crippen LogP contribution in [-0.2, 0) is 13.5 Å². The number of nitrogens with two attached hydrogens (primary N) is 1.